The molecule has 0 atom stereocenters. The van der Waals surface area contributed by atoms with Crippen molar-refractivity contribution in [3.63, 3.8) is 0 Å². The van der Waals surface area contributed by atoms with E-state index in [2.05, 4.69) is 20.8 Å². The van der Waals surface area contributed by atoms with Gasteiger partial charge >= 0.3 is 0 Å². The van der Waals surface area contributed by atoms with E-state index in [9.17, 15) is 0 Å². The number of ether oxygens (including phenoxy) is 1. The van der Waals surface area contributed by atoms with Gasteiger partial charge in [0.2, 0.25) is 0 Å². The fourth-order valence-corrected chi connectivity index (χ4v) is 2.98. The molecule has 13 heavy (non-hydrogen) atoms. The van der Waals surface area contributed by atoms with E-state index in [4.69, 9.17) is 10.5 Å². The molecule has 2 nitrogen and oxygen atoms in total. The quantitative estimate of drug-likeness (QED) is 0.746. The first-order chi connectivity index (χ1) is 5.97. The summed E-state index contributed by atoms with van der Waals surface area (Å²) in [5, 5.41) is 0. The van der Waals surface area contributed by atoms with Gasteiger partial charge in [-0.15, -0.1) is 0 Å². The second kappa shape index (κ2) is 4.20. The Balaban J connectivity index is 2.57. The highest BCUT2D eigenvalue weighted by atomic mass is 32.2. The summed E-state index contributed by atoms with van der Waals surface area (Å²) in [7, 11) is 0. The molecule has 1 aliphatic rings. The summed E-state index contributed by atoms with van der Waals surface area (Å²) in [6, 6.07) is 0. The van der Waals surface area contributed by atoms with Crippen LogP contribution in [-0.2, 0) is 4.74 Å². The highest BCUT2D eigenvalue weighted by Gasteiger charge is 2.35. The predicted octanol–water partition coefficient (Wildman–Crippen LogP) is 2.03. The van der Waals surface area contributed by atoms with Crippen molar-refractivity contribution in [1.82, 2.24) is 0 Å². The molecule has 1 fully saturated rings. The molecule has 2 N–H and O–H groups in total. The van der Waals surface area contributed by atoms with Crippen LogP contribution in [0.4, 0.5) is 0 Å². The zero-order chi connectivity index (χ0) is 9.95. The van der Waals surface area contributed by atoms with Crippen molar-refractivity contribution in [1.29, 1.82) is 0 Å². The minimum Gasteiger partial charge on any atom is -0.368 e. The van der Waals surface area contributed by atoms with Gasteiger partial charge in [-0.3, -0.25) is 0 Å². The second-order valence-electron chi connectivity index (χ2n) is 4.71. The minimum atomic E-state index is -0.0681. The summed E-state index contributed by atoms with van der Waals surface area (Å²) in [5.41, 5.74) is 5.70. The van der Waals surface area contributed by atoms with Crippen LogP contribution in [0.3, 0.4) is 0 Å². The van der Waals surface area contributed by atoms with Crippen LogP contribution >= 0.6 is 11.8 Å². The summed E-state index contributed by atoms with van der Waals surface area (Å²) in [6.45, 7) is 6.97. The molecule has 1 rings (SSSR count). The molecule has 1 aliphatic heterocycles. The van der Waals surface area contributed by atoms with Crippen LogP contribution in [0.2, 0.25) is 0 Å². The maximum absolute atomic E-state index is 6.08. The van der Waals surface area contributed by atoms with Crippen LogP contribution in [-0.4, -0.2) is 29.3 Å². The fourth-order valence-electron chi connectivity index (χ4n) is 1.74. The molecule has 78 valence electrons. The first-order valence-electron chi connectivity index (χ1n) is 4.95. The van der Waals surface area contributed by atoms with Gasteiger partial charge in [0.05, 0.1) is 11.2 Å². The molecule has 0 bridgehead atoms. The number of nitrogens with two attached hydrogens (primary N) is 1. The van der Waals surface area contributed by atoms with Crippen LogP contribution in [0.25, 0.3) is 0 Å². The Morgan fingerprint density at radius 3 is 2.23 bits per heavy atom. The van der Waals surface area contributed by atoms with Crippen molar-refractivity contribution < 1.29 is 4.74 Å². The van der Waals surface area contributed by atoms with E-state index in [1.54, 1.807) is 0 Å². The Morgan fingerprint density at radius 1 is 1.31 bits per heavy atom. The first-order valence-corrected chi connectivity index (χ1v) is 6.11. The molecule has 0 aromatic carbocycles. The Labute approximate surface area is 85.6 Å². The molecule has 0 aromatic rings. The summed E-state index contributed by atoms with van der Waals surface area (Å²) in [6.07, 6.45) is 2.21. The van der Waals surface area contributed by atoms with Gasteiger partial charge in [-0.2, -0.15) is 11.8 Å². The van der Waals surface area contributed by atoms with Gasteiger partial charge in [-0.05, 0) is 45.1 Å². The monoisotopic (exact) mass is 203 g/mol. The normalized spacial score (nSPS) is 23.1. The standard InChI is InChI=1S/C10H21NOS/c1-9(2,3)12-10(8-11)4-6-13-7-5-10/h4-8,11H2,1-3H3. The van der Waals surface area contributed by atoms with E-state index < -0.39 is 0 Å². The van der Waals surface area contributed by atoms with E-state index in [-0.39, 0.29) is 11.2 Å². The Morgan fingerprint density at radius 2 is 1.85 bits per heavy atom. The third-order valence-electron chi connectivity index (χ3n) is 2.30. The number of hydrogen-bond donors (Lipinski definition) is 1. The molecule has 1 saturated heterocycles. The average molecular weight is 203 g/mol. The summed E-state index contributed by atoms with van der Waals surface area (Å²) >= 11 is 2.00. The Bertz CT molecular complexity index is 159. The number of hydrogen-bond acceptors (Lipinski definition) is 3. The molecule has 1 heterocycles. The van der Waals surface area contributed by atoms with Gasteiger partial charge in [0, 0.05) is 6.54 Å². The topological polar surface area (TPSA) is 35.2 Å². The lowest BCUT2D eigenvalue weighted by Gasteiger charge is -2.41. The van der Waals surface area contributed by atoms with Crippen molar-refractivity contribution >= 4 is 11.8 Å². The largest absolute Gasteiger partial charge is 0.368 e. The molecule has 0 aromatic heterocycles. The maximum Gasteiger partial charge on any atom is 0.0826 e. The van der Waals surface area contributed by atoms with E-state index in [1.807, 2.05) is 11.8 Å². The van der Waals surface area contributed by atoms with Crippen LogP contribution in [0.5, 0.6) is 0 Å². The molecule has 0 saturated carbocycles. The maximum atomic E-state index is 6.08. The molecule has 0 aliphatic carbocycles. The van der Waals surface area contributed by atoms with Crippen molar-refractivity contribution in [2.45, 2.75) is 44.8 Å². The summed E-state index contributed by atoms with van der Waals surface area (Å²) < 4.78 is 6.08. The van der Waals surface area contributed by atoms with Gasteiger partial charge < -0.3 is 10.5 Å². The predicted molar refractivity (Wildman–Crippen MR) is 59.2 cm³/mol. The van der Waals surface area contributed by atoms with E-state index in [0.29, 0.717) is 6.54 Å². The molecule has 3 heteroatoms. The summed E-state index contributed by atoms with van der Waals surface area (Å²) in [5.74, 6) is 2.38. The van der Waals surface area contributed by atoms with E-state index >= 15 is 0 Å². The molecule has 0 amide bonds. The lowest BCUT2D eigenvalue weighted by atomic mass is 9.95. The first kappa shape index (κ1) is 11.3. The van der Waals surface area contributed by atoms with E-state index in [1.165, 1.54) is 11.5 Å². The van der Waals surface area contributed by atoms with Crippen molar-refractivity contribution in [3.8, 4) is 0 Å². The van der Waals surface area contributed by atoms with Crippen molar-refractivity contribution in [3.05, 3.63) is 0 Å². The van der Waals surface area contributed by atoms with Crippen LogP contribution < -0.4 is 5.73 Å². The smallest absolute Gasteiger partial charge is 0.0826 e. The lowest BCUT2D eigenvalue weighted by Crippen LogP contribution is -2.48. The van der Waals surface area contributed by atoms with Crippen molar-refractivity contribution in [2.24, 2.45) is 5.73 Å². The van der Waals surface area contributed by atoms with E-state index in [0.717, 1.165) is 12.8 Å². The highest BCUT2D eigenvalue weighted by molar-refractivity contribution is 7.99. The van der Waals surface area contributed by atoms with Crippen LogP contribution in [0, 0.1) is 0 Å². The van der Waals surface area contributed by atoms with Gasteiger partial charge in [-0.1, -0.05) is 0 Å². The molecule has 0 radical (unpaired) electrons. The van der Waals surface area contributed by atoms with Gasteiger partial charge in [0.1, 0.15) is 0 Å². The third kappa shape index (κ3) is 3.49. The molecule has 0 unspecified atom stereocenters. The zero-order valence-electron chi connectivity index (χ0n) is 8.93. The number of rotatable bonds is 2. The van der Waals surface area contributed by atoms with Crippen LogP contribution in [0.1, 0.15) is 33.6 Å². The van der Waals surface area contributed by atoms with Gasteiger partial charge in [0.15, 0.2) is 0 Å². The Hall–Kier alpha value is 0.270. The van der Waals surface area contributed by atoms with Gasteiger partial charge in [-0.25, -0.2) is 0 Å². The third-order valence-corrected chi connectivity index (χ3v) is 3.28. The Kier molecular flexibility index (Phi) is 3.66. The zero-order valence-corrected chi connectivity index (χ0v) is 9.75. The molecular formula is C10H21NOS. The summed E-state index contributed by atoms with van der Waals surface area (Å²) in [4.78, 5) is 0. The number of thioether (sulfide) groups is 1. The van der Waals surface area contributed by atoms with Crippen LogP contribution in [0.15, 0.2) is 0 Å². The fraction of sp³-hybridized carbons (Fsp3) is 1.00. The molecular weight excluding hydrogens is 182 g/mol. The minimum absolute atomic E-state index is 0.0382. The SMILES string of the molecule is CC(C)(C)OC1(CN)CCSCC1. The average Bonchev–Trinajstić information content (AvgIpc) is 2.03. The van der Waals surface area contributed by atoms with Crippen molar-refractivity contribution in [2.75, 3.05) is 18.1 Å². The van der Waals surface area contributed by atoms with Gasteiger partial charge in [0.25, 0.3) is 0 Å². The molecule has 0 spiro atoms. The highest BCUT2D eigenvalue weighted by Crippen LogP contribution is 2.33. The second-order valence-corrected chi connectivity index (χ2v) is 5.94. The lowest BCUT2D eigenvalue weighted by molar-refractivity contribution is -0.130.